The molecular weight excluding hydrogens is 616 g/mol. The first kappa shape index (κ1) is 33.3. The Labute approximate surface area is 282 Å². The molecule has 250 valence electrons. The van der Waals surface area contributed by atoms with E-state index in [-0.39, 0.29) is 18.6 Å². The largest absolute Gasteiger partial charge is 0.462 e. The van der Waals surface area contributed by atoms with E-state index >= 15 is 0 Å². The van der Waals surface area contributed by atoms with Gasteiger partial charge in [0.05, 0.1) is 36.9 Å². The van der Waals surface area contributed by atoms with E-state index in [0.29, 0.717) is 49.9 Å². The Kier molecular flexibility index (Phi) is 9.27. The third-order valence-electron chi connectivity index (χ3n) is 9.61. The highest BCUT2D eigenvalue weighted by atomic mass is 35.5. The summed E-state index contributed by atoms with van der Waals surface area (Å²) in [7, 11) is 2.13. The van der Waals surface area contributed by atoms with E-state index in [4.69, 9.17) is 35.8 Å². The van der Waals surface area contributed by atoms with Gasteiger partial charge < -0.3 is 28.9 Å². The molecule has 4 heterocycles. The fraction of sp³-hybridized carbons (Fsp3) is 0.556. The summed E-state index contributed by atoms with van der Waals surface area (Å²) in [6.07, 6.45) is 1.65. The van der Waals surface area contributed by atoms with Gasteiger partial charge in [-0.3, -0.25) is 0 Å². The monoisotopic (exact) mass is 660 g/mol. The van der Waals surface area contributed by atoms with Crippen LogP contribution < -0.4 is 9.64 Å². The Balaban J connectivity index is 1.38. The van der Waals surface area contributed by atoms with E-state index < -0.39 is 17.1 Å². The van der Waals surface area contributed by atoms with Crippen LogP contribution >= 0.6 is 11.6 Å². The molecule has 3 atom stereocenters. The van der Waals surface area contributed by atoms with Crippen molar-refractivity contribution in [1.29, 1.82) is 5.26 Å². The summed E-state index contributed by atoms with van der Waals surface area (Å²) in [6.45, 7) is 13.0. The van der Waals surface area contributed by atoms with Gasteiger partial charge in [-0.05, 0) is 64.2 Å². The number of ether oxygens (including phenoxy) is 3. The van der Waals surface area contributed by atoms with E-state index in [1.165, 1.54) is 0 Å². The van der Waals surface area contributed by atoms with Crippen LogP contribution in [0.15, 0.2) is 36.4 Å². The maximum absolute atomic E-state index is 13.1. The summed E-state index contributed by atoms with van der Waals surface area (Å²) >= 11 is 6.78. The number of nitriles is 1. The van der Waals surface area contributed by atoms with E-state index in [0.717, 1.165) is 52.8 Å². The van der Waals surface area contributed by atoms with Crippen LogP contribution in [0.5, 0.6) is 6.01 Å². The molecule has 0 radical (unpaired) electrons. The minimum atomic E-state index is -0.634. The lowest BCUT2D eigenvalue weighted by molar-refractivity contribution is -0.0246. The van der Waals surface area contributed by atoms with Gasteiger partial charge in [0, 0.05) is 47.1 Å². The Morgan fingerprint density at radius 2 is 1.89 bits per heavy atom. The maximum atomic E-state index is 13.1. The molecule has 2 aromatic carbocycles. The number of carbonyl (C=O) groups excluding carboxylic acids is 1. The minimum absolute atomic E-state index is 0.173. The highest BCUT2D eigenvalue weighted by Crippen LogP contribution is 2.49. The maximum Gasteiger partial charge on any atom is 0.410 e. The van der Waals surface area contributed by atoms with Crippen LogP contribution in [0.1, 0.15) is 76.8 Å². The average molecular weight is 661 g/mol. The zero-order chi connectivity index (χ0) is 33.5. The lowest BCUT2D eigenvalue weighted by Gasteiger charge is -2.44. The van der Waals surface area contributed by atoms with Gasteiger partial charge in [0.2, 0.25) is 0 Å². The van der Waals surface area contributed by atoms with Crippen molar-refractivity contribution >= 4 is 34.3 Å². The fourth-order valence-corrected chi connectivity index (χ4v) is 7.50. The quantitative estimate of drug-likeness (QED) is 0.288. The number of likely N-dealkylation sites (tertiary alicyclic amines) is 1. The molecule has 6 rings (SSSR count). The normalized spacial score (nSPS) is 23.0. The van der Waals surface area contributed by atoms with Crippen molar-refractivity contribution in [2.24, 2.45) is 0 Å². The number of hydrogen-bond acceptors (Lipinski definition) is 9. The van der Waals surface area contributed by atoms with Crippen LogP contribution in [-0.4, -0.2) is 83.4 Å². The first-order chi connectivity index (χ1) is 22.4. The molecule has 2 saturated heterocycles. The third-order valence-corrected chi connectivity index (χ3v) is 9.92. The van der Waals surface area contributed by atoms with Crippen LogP contribution in [0, 0.1) is 11.3 Å². The van der Waals surface area contributed by atoms with Gasteiger partial charge >= 0.3 is 12.1 Å². The Hall–Kier alpha value is -3.65. The van der Waals surface area contributed by atoms with Crippen molar-refractivity contribution in [1.82, 2.24) is 19.8 Å². The molecule has 1 aromatic heterocycles. The zero-order valence-electron chi connectivity index (χ0n) is 28.3. The topological polar surface area (TPSA) is 104 Å². The van der Waals surface area contributed by atoms with Gasteiger partial charge in [-0.25, -0.2) is 4.79 Å². The van der Waals surface area contributed by atoms with Gasteiger partial charge in [0.15, 0.2) is 0 Å². The van der Waals surface area contributed by atoms with Crippen molar-refractivity contribution in [3.05, 3.63) is 58.2 Å². The summed E-state index contributed by atoms with van der Waals surface area (Å²) in [4.78, 5) is 29.4. The first-order valence-corrected chi connectivity index (χ1v) is 16.9. The van der Waals surface area contributed by atoms with Crippen LogP contribution in [0.4, 0.5) is 10.6 Å². The van der Waals surface area contributed by atoms with Crippen LogP contribution in [0.3, 0.4) is 0 Å². The highest BCUT2D eigenvalue weighted by Gasteiger charge is 2.44. The molecule has 0 bridgehead atoms. The van der Waals surface area contributed by atoms with Crippen LogP contribution in [-0.2, 0) is 21.5 Å². The van der Waals surface area contributed by atoms with Crippen molar-refractivity contribution < 1.29 is 19.0 Å². The average Bonchev–Trinajstić information content (AvgIpc) is 3.43. The molecule has 0 saturated carbocycles. The van der Waals surface area contributed by atoms with Crippen molar-refractivity contribution in [3.8, 4) is 12.1 Å². The molecule has 3 aliphatic rings. The SMILES string of the molecule is CN1CCC[C@H]1COc1nc(N2CCN(C(=O)OC(C)(C)C)[C@@H](CC#N)C2)c2c(n1)C(C)(C)C(c1cccc3cccc(Cl)c13)OC2. The number of fused-ring (bicyclic) bond motifs is 2. The number of nitrogens with zero attached hydrogens (tertiary/aromatic N) is 6. The lowest BCUT2D eigenvalue weighted by Crippen LogP contribution is -2.56. The predicted molar refractivity (Wildman–Crippen MR) is 182 cm³/mol. The number of likely N-dealkylation sites (N-methyl/N-ethyl adjacent to an activating group) is 1. The Bertz CT molecular complexity index is 1680. The van der Waals surface area contributed by atoms with E-state index in [1.54, 1.807) is 4.90 Å². The summed E-state index contributed by atoms with van der Waals surface area (Å²) < 4.78 is 18.8. The number of rotatable bonds is 6. The standard InChI is InChI=1S/C36H45ClN6O4/c1-35(2,3)47-34(44)43-19-18-42(20-24(43)15-16-38)32-27-22-45-31(26-13-7-10-23-11-8-14-28(37)29(23)26)36(4,5)30(27)39-33(40-32)46-21-25-12-9-17-41(25)6/h7-8,10-11,13-14,24-25,31H,9,12,15,17-22H2,1-6H3/t24-,25-,31?/m0/s1. The number of aromatic nitrogens is 2. The second-order valence-corrected chi connectivity index (χ2v) is 14.9. The molecule has 10 nitrogen and oxygen atoms in total. The summed E-state index contributed by atoms with van der Waals surface area (Å²) in [5.41, 5.74) is 1.56. The van der Waals surface area contributed by atoms with Crippen molar-refractivity contribution in [2.45, 2.75) is 89.7 Å². The van der Waals surface area contributed by atoms with E-state index in [1.807, 2.05) is 39.0 Å². The van der Waals surface area contributed by atoms with Crippen molar-refractivity contribution in [2.75, 3.05) is 44.7 Å². The molecule has 3 aromatic rings. The minimum Gasteiger partial charge on any atom is -0.462 e. The van der Waals surface area contributed by atoms with Gasteiger partial charge in [0.25, 0.3) is 0 Å². The van der Waals surface area contributed by atoms with Crippen molar-refractivity contribution in [3.63, 3.8) is 0 Å². The molecule has 0 spiro atoms. The molecule has 47 heavy (non-hydrogen) atoms. The van der Waals surface area contributed by atoms with Crippen LogP contribution in [0.2, 0.25) is 5.02 Å². The lowest BCUT2D eigenvalue weighted by atomic mass is 9.75. The molecule has 11 heteroatoms. The molecule has 2 fully saturated rings. The second kappa shape index (κ2) is 13.1. The Morgan fingerprint density at radius 3 is 2.60 bits per heavy atom. The Morgan fingerprint density at radius 1 is 1.13 bits per heavy atom. The number of anilines is 1. The number of benzene rings is 2. The van der Waals surface area contributed by atoms with E-state index in [2.05, 4.69) is 55.0 Å². The molecule has 1 unspecified atom stereocenters. The fourth-order valence-electron chi connectivity index (χ4n) is 7.21. The summed E-state index contributed by atoms with van der Waals surface area (Å²) in [5.74, 6) is 0.721. The number of piperazine rings is 1. The number of hydrogen-bond donors (Lipinski definition) is 0. The molecular formula is C36H45ClN6O4. The van der Waals surface area contributed by atoms with Gasteiger partial charge in [-0.15, -0.1) is 0 Å². The molecule has 1 amide bonds. The van der Waals surface area contributed by atoms with Gasteiger partial charge in [-0.2, -0.15) is 15.2 Å². The predicted octanol–water partition coefficient (Wildman–Crippen LogP) is 6.64. The zero-order valence-corrected chi connectivity index (χ0v) is 29.0. The number of carbonyl (C=O) groups is 1. The second-order valence-electron chi connectivity index (χ2n) is 14.5. The number of halogens is 1. The first-order valence-electron chi connectivity index (χ1n) is 16.5. The summed E-state index contributed by atoms with van der Waals surface area (Å²) in [6, 6.07) is 14.7. The van der Waals surface area contributed by atoms with Gasteiger partial charge in [-0.1, -0.05) is 55.8 Å². The third kappa shape index (κ3) is 6.71. The molecule has 0 N–H and O–H groups in total. The van der Waals surface area contributed by atoms with Crippen LogP contribution in [0.25, 0.3) is 10.8 Å². The summed E-state index contributed by atoms with van der Waals surface area (Å²) in [5, 5.41) is 12.4. The molecule has 3 aliphatic heterocycles. The smallest absolute Gasteiger partial charge is 0.410 e. The molecule has 0 aliphatic carbocycles. The van der Waals surface area contributed by atoms with E-state index in [9.17, 15) is 10.1 Å². The highest BCUT2D eigenvalue weighted by molar-refractivity contribution is 6.35. The van der Waals surface area contributed by atoms with Gasteiger partial charge in [0.1, 0.15) is 18.0 Å². The number of amides is 1.